The number of carbonyl (C=O) groups excluding carboxylic acids is 2. The van der Waals surface area contributed by atoms with E-state index in [-0.39, 0.29) is 30.8 Å². The summed E-state index contributed by atoms with van der Waals surface area (Å²) in [7, 11) is 3.38. The maximum Gasteiger partial charge on any atom is 0.253 e. The van der Waals surface area contributed by atoms with E-state index < -0.39 is 6.10 Å². The van der Waals surface area contributed by atoms with Gasteiger partial charge in [0.1, 0.15) is 6.10 Å². The number of carbonyl (C=O) groups is 2. The summed E-state index contributed by atoms with van der Waals surface area (Å²) < 4.78 is 5.43. The summed E-state index contributed by atoms with van der Waals surface area (Å²) in [6.45, 7) is 4.53. The molecular formula is C12H24ClN3O3. The normalized spacial score (nSPS) is 18.4. The van der Waals surface area contributed by atoms with Crippen LogP contribution in [-0.2, 0) is 14.3 Å². The Bertz CT molecular complexity index is 294. The van der Waals surface area contributed by atoms with Gasteiger partial charge < -0.3 is 19.9 Å². The molecule has 0 aliphatic carbocycles. The van der Waals surface area contributed by atoms with Crippen molar-refractivity contribution in [1.82, 2.24) is 15.1 Å². The molecule has 0 bridgehead atoms. The predicted molar refractivity (Wildman–Crippen MR) is 75.4 cm³/mol. The summed E-state index contributed by atoms with van der Waals surface area (Å²) in [5.74, 6) is -0.167. The second-order valence-corrected chi connectivity index (χ2v) is 4.61. The summed E-state index contributed by atoms with van der Waals surface area (Å²) in [5.41, 5.74) is 0. The fraction of sp³-hybridized carbons (Fsp3) is 0.833. The van der Waals surface area contributed by atoms with Crippen molar-refractivity contribution in [3.63, 3.8) is 0 Å². The lowest BCUT2D eigenvalue weighted by atomic mass is 10.2. The highest BCUT2D eigenvalue weighted by molar-refractivity contribution is 5.87. The number of nitrogens with one attached hydrogen (secondary N) is 1. The van der Waals surface area contributed by atoms with Crippen LogP contribution in [0.1, 0.15) is 13.3 Å². The van der Waals surface area contributed by atoms with Gasteiger partial charge in [0.15, 0.2) is 0 Å². The van der Waals surface area contributed by atoms with Gasteiger partial charge in [-0.2, -0.15) is 0 Å². The summed E-state index contributed by atoms with van der Waals surface area (Å²) in [6.07, 6.45) is 0.368. The van der Waals surface area contributed by atoms with Gasteiger partial charge in [-0.25, -0.2) is 0 Å². The van der Waals surface area contributed by atoms with Crippen molar-refractivity contribution in [1.29, 1.82) is 0 Å². The number of hydrogen-bond acceptors (Lipinski definition) is 4. The maximum absolute atomic E-state index is 12.2. The van der Waals surface area contributed by atoms with Crippen LogP contribution in [0.5, 0.6) is 0 Å². The van der Waals surface area contributed by atoms with Gasteiger partial charge in [-0.05, 0) is 6.42 Å². The second kappa shape index (κ2) is 9.12. The molecule has 1 fully saturated rings. The minimum absolute atomic E-state index is 0. The molecule has 0 saturated carbocycles. The molecule has 0 radical (unpaired) electrons. The van der Waals surface area contributed by atoms with Crippen LogP contribution in [0.3, 0.4) is 0 Å². The molecule has 2 amide bonds. The molecule has 1 aliphatic rings. The monoisotopic (exact) mass is 293 g/mol. The summed E-state index contributed by atoms with van der Waals surface area (Å²) >= 11 is 0. The fourth-order valence-electron chi connectivity index (χ4n) is 1.77. The van der Waals surface area contributed by atoms with Crippen LogP contribution in [-0.4, -0.2) is 74.6 Å². The Hall–Kier alpha value is -0.850. The van der Waals surface area contributed by atoms with E-state index in [1.54, 1.807) is 19.0 Å². The molecule has 1 rings (SSSR count). The number of morpholine rings is 1. The van der Waals surface area contributed by atoms with E-state index in [2.05, 4.69) is 5.32 Å². The molecule has 1 atom stereocenters. The van der Waals surface area contributed by atoms with E-state index in [1.165, 1.54) is 4.90 Å². The lowest BCUT2D eigenvalue weighted by Gasteiger charge is -2.29. The molecule has 7 heteroatoms. The highest BCUT2D eigenvalue weighted by Crippen LogP contribution is 2.04. The third-order valence-electron chi connectivity index (χ3n) is 2.83. The van der Waals surface area contributed by atoms with Gasteiger partial charge in [0.25, 0.3) is 5.91 Å². The zero-order valence-corrected chi connectivity index (χ0v) is 12.7. The highest BCUT2D eigenvalue weighted by atomic mass is 35.5. The lowest BCUT2D eigenvalue weighted by Crippen LogP contribution is -2.51. The number of ether oxygens (including phenoxy) is 1. The first-order valence-electron chi connectivity index (χ1n) is 6.37. The van der Waals surface area contributed by atoms with Crippen LogP contribution in [0.2, 0.25) is 0 Å². The molecule has 112 valence electrons. The molecule has 19 heavy (non-hydrogen) atoms. The Morgan fingerprint density at radius 2 is 2.05 bits per heavy atom. The van der Waals surface area contributed by atoms with Crippen molar-refractivity contribution >= 4 is 24.2 Å². The van der Waals surface area contributed by atoms with Crippen LogP contribution in [0, 0.1) is 0 Å². The topological polar surface area (TPSA) is 61.9 Å². The minimum atomic E-state index is -0.458. The van der Waals surface area contributed by atoms with E-state index >= 15 is 0 Å². The number of rotatable bonds is 5. The Morgan fingerprint density at radius 1 is 1.37 bits per heavy atom. The van der Waals surface area contributed by atoms with Gasteiger partial charge in [0, 0.05) is 33.7 Å². The van der Waals surface area contributed by atoms with E-state index in [0.29, 0.717) is 19.7 Å². The number of halogens is 1. The zero-order chi connectivity index (χ0) is 13.5. The number of hydrogen-bond donors (Lipinski definition) is 1. The van der Waals surface area contributed by atoms with E-state index in [9.17, 15) is 9.59 Å². The molecule has 0 spiro atoms. The fourth-order valence-corrected chi connectivity index (χ4v) is 1.77. The Morgan fingerprint density at radius 3 is 2.53 bits per heavy atom. The quantitative estimate of drug-likeness (QED) is 0.758. The Balaban J connectivity index is 0.00000324. The van der Waals surface area contributed by atoms with Gasteiger partial charge in [0.2, 0.25) is 5.91 Å². The molecule has 0 aromatic heterocycles. The molecule has 1 heterocycles. The molecule has 0 aromatic rings. The smallest absolute Gasteiger partial charge is 0.253 e. The molecule has 1 saturated heterocycles. The van der Waals surface area contributed by atoms with Gasteiger partial charge in [-0.1, -0.05) is 6.92 Å². The van der Waals surface area contributed by atoms with E-state index in [0.717, 1.165) is 13.0 Å². The standard InChI is InChI=1S/C12H23N3O3.ClH/c1-4-6-15(9-11(16)14(2)3)12(17)10-8-13-5-7-18-10;/h10,13H,4-9H2,1-3H3;1H. The number of nitrogens with zero attached hydrogens (tertiary/aromatic N) is 2. The average molecular weight is 294 g/mol. The Labute approximate surface area is 120 Å². The van der Waals surface area contributed by atoms with Gasteiger partial charge >= 0.3 is 0 Å². The van der Waals surface area contributed by atoms with Crippen LogP contribution in [0.4, 0.5) is 0 Å². The van der Waals surface area contributed by atoms with E-state index in [4.69, 9.17) is 4.74 Å². The number of likely N-dealkylation sites (N-methyl/N-ethyl adjacent to an activating group) is 1. The van der Waals surface area contributed by atoms with Crippen molar-refractivity contribution in [2.45, 2.75) is 19.4 Å². The van der Waals surface area contributed by atoms with Crippen molar-refractivity contribution in [2.24, 2.45) is 0 Å². The molecular weight excluding hydrogens is 270 g/mol. The van der Waals surface area contributed by atoms with E-state index in [1.807, 2.05) is 6.92 Å². The highest BCUT2D eigenvalue weighted by Gasteiger charge is 2.27. The SMILES string of the molecule is CCCN(CC(=O)N(C)C)C(=O)C1CNCCO1.Cl. The largest absolute Gasteiger partial charge is 0.366 e. The van der Waals surface area contributed by atoms with Crippen LogP contribution < -0.4 is 5.32 Å². The third-order valence-corrected chi connectivity index (χ3v) is 2.83. The van der Waals surface area contributed by atoms with Gasteiger partial charge in [-0.15, -0.1) is 12.4 Å². The minimum Gasteiger partial charge on any atom is -0.366 e. The summed E-state index contributed by atoms with van der Waals surface area (Å²) in [5, 5.41) is 3.12. The predicted octanol–water partition coefficient (Wildman–Crippen LogP) is -0.277. The molecule has 1 N–H and O–H groups in total. The molecule has 1 unspecified atom stereocenters. The van der Waals surface area contributed by atoms with Crippen molar-refractivity contribution in [3.05, 3.63) is 0 Å². The Kier molecular flexibility index (Phi) is 8.71. The molecule has 1 aliphatic heterocycles. The zero-order valence-electron chi connectivity index (χ0n) is 11.8. The maximum atomic E-state index is 12.2. The third kappa shape index (κ3) is 5.76. The summed E-state index contributed by atoms with van der Waals surface area (Å²) in [6, 6.07) is 0. The first-order chi connectivity index (χ1) is 8.56. The van der Waals surface area contributed by atoms with Crippen LogP contribution in [0.15, 0.2) is 0 Å². The summed E-state index contributed by atoms with van der Waals surface area (Å²) in [4.78, 5) is 27.0. The lowest BCUT2D eigenvalue weighted by molar-refractivity contribution is -0.149. The first-order valence-corrected chi connectivity index (χ1v) is 6.37. The average Bonchev–Trinajstić information content (AvgIpc) is 2.38. The second-order valence-electron chi connectivity index (χ2n) is 4.61. The van der Waals surface area contributed by atoms with Crippen LogP contribution >= 0.6 is 12.4 Å². The van der Waals surface area contributed by atoms with Crippen molar-refractivity contribution < 1.29 is 14.3 Å². The number of amides is 2. The van der Waals surface area contributed by atoms with Crippen molar-refractivity contribution in [3.8, 4) is 0 Å². The molecule has 6 nitrogen and oxygen atoms in total. The first kappa shape index (κ1) is 18.1. The molecule has 0 aromatic carbocycles. The van der Waals surface area contributed by atoms with Crippen molar-refractivity contribution in [2.75, 3.05) is 46.9 Å². The van der Waals surface area contributed by atoms with Gasteiger partial charge in [0.05, 0.1) is 13.2 Å². The van der Waals surface area contributed by atoms with Crippen LogP contribution in [0.25, 0.3) is 0 Å². The van der Waals surface area contributed by atoms with Gasteiger partial charge in [-0.3, -0.25) is 9.59 Å².